The van der Waals surface area contributed by atoms with E-state index >= 15 is 0 Å². The summed E-state index contributed by atoms with van der Waals surface area (Å²) in [5, 5.41) is 2.74. The molecule has 0 unspecified atom stereocenters. The van der Waals surface area contributed by atoms with Crippen LogP contribution in [-0.2, 0) is 4.79 Å². The van der Waals surface area contributed by atoms with Gasteiger partial charge in [0.15, 0.2) is 6.61 Å². The topological polar surface area (TPSA) is 64.6 Å². The second-order valence-corrected chi connectivity index (χ2v) is 4.73. The Labute approximate surface area is 128 Å². The van der Waals surface area contributed by atoms with Gasteiger partial charge in [0.2, 0.25) is 0 Å². The van der Waals surface area contributed by atoms with Gasteiger partial charge in [0.1, 0.15) is 17.8 Å². The summed E-state index contributed by atoms with van der Waals surface area (Å²) < 4.78 is 10.6. The Morgan fingerprint density at radius 1 is 1.23 bits per heavy atom. The summed E-state index contributed by atoms with van der Waals surface area (Å²) in [4.78, 5) is 22.7. The van der Waals surface area contributed by atoms with Crippen molar-refractivity contribution in [1.82, 2.24) is 0 Å². The highest BCUT2D eigenvalue weighted by molar-refractivity contribution is 5.93. The number of ether oxygens (including phenoxy) is 2. The molecule has 0 aliphatic heterocycles. The first-order valence-electron chi connectivity index (χ1n) is 6.75. The normalized spacial score (nSPS) is 9.91. The van der Waals surface area contributed by atoms with Gasteiger partial charge in [0.05, 0.1) is 12.8 Å². The molecule has 5 nitrogen and oxygen atoms in total. The maximum atomic E-state index is 12.0. The summed E-state index contributed by atoms with van der Waals surface area (Å²) in [6, 6.07) is 12.1. The second kappa shape index (κ2) is 7.26. The summed E-state index contributed by atoms with van der Waals surface area (Å²) in [5.74, 6) is 0.748. The molecule has 1 N–H and O–H groups in total. The molecule has 114 valence electrons. The number of benzene rings is 2. The Bertz CT molecular complexity index is 682. The smallest absolute Gasteiger partial charge is 0.262 e. The van der Waals surface area contributed by atoms with Crippen LogP contribution in [0.25, 0.3) is 0 Å². The number of methoxy groups -OCH3 is 1. The molecule has 2 rings (SSSR count). The number of aryl methyl sites for hydroxylation is 1. The number of anilines is 1. The minimum absolute atomic E-state index is 0.153. The fourth-order valence-corrected chi connectivity index (χ4v) is 1.93. The lowest BCUT2D eigenvalue weighted by Gasteiger charge is -2.11. The summed E-state index contributed by atoms with van der Waals surface area (Å²) in [7, 11) is 1.54. The quantitative estimate of drug-likeness (QED) is 0.833. The fourth-order valence-electron chi connectivity index (χ4n) is 1.93. The largest absolute Gasteiger partial charge is 0.495 e. The number of hydrogen-bond acceptors (Lipinski definition) is 4. The molecule has 2 aromatic carbocycles. The van der Waals surface area contributed by atoms with Gasteiger partial charge in [0, 0.05) is 5.56 Å². The third-order valence-electron chi connectivity index (χ3n) is 2.99. The average Bonchev–Trinajstić information content (AvgIpc) is 2.53. The Morgan fingerprint density at radius 3 is 2.77 bits per heavy atom. The highest BCUT2D eigenvalue weighted by atomic mass is 16.5. The standard InChI is InChI=1S/C17H17NO4/c1-12-6-7-16(21-2)15(8-12)18-17(20)11-22-14-5-3-4-13(9-14)10-19/h3-10H,11H2,1-2H3,(H,18,20). The van der Waals surface area contributed by atoms with Gasteiger partial charge >= 0.3 is 0 Å². The summed E-state index contributed by atoms with van der Waals surface area (Å²) in [6.45, 7) is 1.77. The number of amides is 1. The third-order valence-corrected chi connectivity index (χ3v) is 2.99. The lowest BCUT2D eigenvalue weighted by molar-refractivity contribution is -0.118. The van der Waals surface area contributed by atoms with Gasteiger partial charge in [-0.05, 0) is 36.8 Å². The van der Waals surface area contributed by atoms with Crippen molar-refractivity contribution in [2.75, 3.05) is 19.0 Å². The Balaban J connectivity index is 1.98. The van der Waals surface area contributed by atoms with Crippen LogP contribution in [0.1, 0.15) is 15.9 Å². The van der Waals surface area contributed by atoms with E-state index < -0.39 is 0 Å². The van der Waals surface area contributed by atoms with Crippen LogP contribution in [-0.4, -0.2) is 25.9 Å². The van der Waals surface area contributed by atoms with Gasteiger partial charge in [-0.1, -0.05) is 18.2 Å². The minimum Gasteiger partial charge on any atom is -0.495 e. The lowest BCUT2D eigenvalue weighted by Crippen LogP contribution is -2.20. The Morgan fingerprint density at radius 2 is 2.05 bits per heavy atom. The minimum atomic E-state index is -0.305. The van der Waals surface area contributed by atoms with Crippen molar-refractivity contribution < 1.29 is 19.1 Å². The van der Waals surface area contributed by atoms with Crippen LogP contribution in [0.2, 0.25) is 0 Å². The first kappa shape index (κ1) is 15.6. The van der Waals surface area contributed by atoms with E-state index in [1.54, 1.807) is 37.4 Å². The van der Waals surface area contributed by atoms with Gasteiger partial charge in [-0.25, -0.2) is 0 Å². The first-order chi connectivity index (χ1) is 10.6. The zero-order chi connectivity index (χ0) is 15.9. The van der Waals surface area contributed by atoms with E-state index in [-0.39, 0.29) is 12.5 Å². The van der Waals surface area contributed by atoms with Crippen molar-refractivity contribution >= 4 is 17.9 Å². The summed E-state index contributed by atoms with van der Waals surface area (Å²) in [6.07, 6.45) is 0.727. The van der Waals surface area contributed by atoms with Crippen molar-refractivity contribution in [3.63, 3.8) is 0 Å². The first-order valence-corrected chi connectivity index (χ1v) is 6.75. The SMILES string of the molecule is COc1ccc(C)cc1NC(=O)COc1cccc(C=O)c1. The van der Waals surface area contributed by atoms with Crippen molar-refractivity contribution in [3.05, 3.63) is 53.6 Å². The van der Waals surface area contributed by atoms with Crippen LogP contribution in [0.5, 0.6) is 11.5 Å². The van der Waals surface area contributed by atoms with Crippen molar-refractivity contribution in [2.45, 2.75) is 6.92 Å². The molecule has 22 heavy (non-hydrogen) atoms. The molecule has 0 heterocycles. The number of rotatable bonds is 6. The molecule has 0 aromatic heterocycles. The van der Waals surface area contributed by atoms with Crippen LogP contribution < -0.4 is 14.8 Å². The predicted molar refractivity (Wildman–Crippen MR) is 83.7 cm³/mol. The van der Waals surface area contributed by atoms with E-state index in [0.29, 0.717) is 22.7 Å². The average molecular weight is 299 g/mol. The number of hydrogen-bond donors (Lipinski definition) is 1. The molecule has 0 radical (unpaired) electrons. The molecule has 0 aliphatic carbocycles. The Hall–Kier alpha value is -2.82. The monoisotopic (exact) mass is 299 g/mol. The van der Waals surface area contributed by atoms with Gasteiger partial charge < -0.3 is 14.8 Å². The second-order valence-electron chi connectivity index (χ2n) is 4.73. The van der Waals surface area contributed by atoms with Crippen LogP contribution >= 0.6 is 0 Å². The van der Waals surface area contributed by atoms with Crippen molar-refractivity contribution in [3.8, 4) is 11.5 Å². The number of carbonyl (C=O) groups is 2. The van der Waals surface area contributed by atoms with Gasteiger partial charge in [-0.15, -0.1) is 0 Å². The maximum Gasteiger partial charge on any atom is 0.262 e. The zero-order valence-electron chi connectivity index (χ0n) is 12.5. The molecule has 0 atom stereocenters. The number of aldehydes is 1. The molecule has 0 saturated carbocycles. The molecule has 0 aliphatic rings. The van der Waals surface area contributed by atoms with Crippen LogP contribution in [0, 0.1) is 6.92 Å². The molecule has 1 amide bonds. The molecule has 0 spiro atoms. The van der Waals surface area contributed by atoms with E-state index in [0.717, 1.165) is 11.8 Å². The molecule has 5 heteroatoms. The highest BCUT2D eigenvalue weighted by Gasteiger charge is 2.08. The molecule has 0 bridgehead atoms. The third kappa shape index (κ3) is 4.09. The Kier molecular flexibility index (Phi) is 5.14. The van der Waals surface area contributed by atoms with Gasteiger partial charge in [0.25, 0.3) is 5.91 Å². The van der Waals surface area contributed by atoms with Gasteiger partial charge in [-0.3, -0.25) is 9.59 Å². The van der Waals surface area contributed by atoms with E-state index in [4.69, 9.17) is 9.47 Å². The maximum absolute atomic E-state index is 12.0. The summed E-state index contributed by atoms with van der Waals surface area (Å²) >= 11 is 0. The number of nitrogens with one attached hydrogen (secondary N) is 1. The highest BCUT2D eigenvalue weighted by Crippen LogP contribution is 2.25. The van der Waals surface area contributed by atoms with E-state index in [1.807, 2.05) is 19.1 Å². The zero-order valence-corrected chi connectivity index (χ0v) is 12.5. The van der Waals surface area contributed by atoms with Gasteiger partial charge in [-0.2, -0.15) is 0 Å². The van der Waals surface area contributed by atoms with E-state index in [9.17, 15) is 9.59 Å². The van der Waals surface area contributed by atoms with E-state index in [1.165, 1.54) is 0 Å². The molecular formula is C17H17NO4. The van der Waals surface area contributed by atoms with Crippen LogP contribution in [0.3, 0.4) is 0 Å². The molecule has 0 saturated heterocycles. The van der Waals surface area contributed by atoms with Crippen molar-refractivity contribution in [1.29, 1.82) is 0 Å². The molecular weight excluding hydrogens is 282 g/mol. The summed E-state index contributed by atoms with van der Waals surface area (Å²) in [5.41, 5.74) is 2.10. The number of carbonyl (C=O) groups excluding carboxylic acids is 2. The fraction of sp³-hybridized carbons (Fsp3) is 0.176. The van der Waals surface area contributed by atoms with E-state index in [2.05, 4.69) is 5.32 Å². The lowest BCUT2D eigenvalue weighted by atomic mass is 10.2. The predicted octanol–water partition coefficient (Wildman–Crippen LogP) is 2.83. The molecule has 0 fully saturated rings. The van der Waals surface area contributed by atoms with Crippen LogP contribution in [0.4, 0.5) is 5.69 Å². The van der Waals surface area contributed by atoms with Crippen LogP contribution in [0.15, 0.2) is 42.5 Å². The van der Waals surface area contributed by atoms with Crippen molar-refractivity contribution in [2.24, 2.45) is 0 Å². The molecule has 2 aromatic rings.